The molecule has 0 bridgehead atoms. The zero-order chi connectivity index (χ0) is 15.3. The van der Waals surface area contributed by atoms with E-state index in [1.165, 1.54) is 5.56 Å². The fraction of sp³-hybridized carbons (Fsp3) is 0.625. The van der Waals surface area contributed by atoms with E-state index in [-0.39, 0.29) is 12.1 Å². The van der Waals surface area contributed by atoms with Gasteiger partial charge in [-0.05, 0) is 57.7 Å². The van der Waals surface area contributed by atoms with Gasteiger partial charge < -0.3 is 15.4 Å². The summed E-state index contributed by atoms with van der Waals surface area (Å²) in [4.78, 5) is 15.7. The van der Waals surface area contributed by atoms with Gasteiger partial charge in [0.05, 0.1) is 0 Å². The van der Waals surface area contributed by atoms with Crippen molar-refractivity contribution in [1.82, 2.24) is 15.6 Å². The molecule has 1 saturated carbocycles. The minimum atomic E-state index is -0.443. The van der Waals surface area contributed by atoms with Crippen LogP contribution < -0.4 is 10.6 Å². The summed E-state index contributed by atoms with van der Waals surface area (Å²) in [5.74, 6) is 0. The second-order valence-electron chi connectivity index (χ2n) is 6.59. The third kappa shape index (κ3) is 5.71. The molecule has 1 heterocycles. The van der Waals surface area contributed by atoms with Crippen molar-refractivity contribution < 1.29 is 9.53 Å². The van der Waals surface area contributed by atoms with Gasteiger partial charge in [-0.1, -0.05) is 0 Å². The summed E-state index contributed by atoms with van der Waals surface area (Å²) in [6, 6.07) is 4.67. The second-order valence-corrected chi connectivity index (χ2v) is 6.59. The van der Waals surface area contributed by atoms with E-state index in [0.717, 1.165) is 25.8 Å². The number of nitrogens with one attached hydrogen (secondary N) is 2. The predicted molar refractivity (Wildman–Crippen MR) is 81.9 cm³/mol. The quantitative estimate of drug-likeness (QED) is 0.895. The van der Waals surface area contributed by atoms with Gasteiger partial charge in [-0.2, -0.15) is 0 Å². The molecule has 2 rings (SSSR count). The number of aromatic nitrogens is 1. The molecule has 0 saturated heterocycles. The van der Waals surface area contributed by atoms with Crippen molar-refractivity contribution >= 4 is 6.09 Å². The molecule has 21 heavy (non-hydrogen) atoms. The topological polar surface area (TPSA) is 63.2 Å². The van der Waals surface area contributed by atoms with E-state index < -0.39 is 5.60 Å². The maximum absolute atomic E-state index is 11.7. The minimum absolute atomic E-state index is 0.204. The molecular weight excluding hydrogens is 266 g/mol. The number of rotatable bonds is 4. The Kier molecular flexibility index (Phi) is 5.17. The fourth-order valence-electron chi connectivity index (χ4n) is 2.54. The number of hydrogen-bond donors (Lipinski definition) is 2. The van der Waals surface area contributed by atoms with Crippen LogP contribution in [0, 0.1) is 0 Å². The average molecular weight is 291 g/mol. The Balaban J connectivity index is 1.70. The van der Waals surface area contributed by atoms with Crippen molar-refractivity contribution in [2.24, 2.45) is 0 Å². The minimum Gasteiger partial charge on any atom is -0.444 e. The van der Waals surface area contributed by atoms with E-state index in [1.807, 2.05) is 32.9 Å². The molecule has 0 spiro atoms. The van der Waals surface area contributed by atoms with Crippen LogP contribution in [0.5, 0.6) is 0 Å². The van der Waals surface area contributed by atoms with Crippen LogP contribution in [0.15, 0.2) is 24.5 Å². The molecule has 2 atom stereocenters. The zero-order valence-corrected chi connectivity index (χ0v) is 13.1. The first kappa shape index (κ1) is 15.8. The third-order valence-electron chi connectivity index (χ3n) is 3.50. The summed E-state index contributed by atoms with van der Waals surface area (Å²) in [6.07, 6.45) is 6.31. The zero-order valence-electron chi connectivity index (χ0n) is 13.1. The first-order valence-electron chi connectivity index (χ1n) is 7.54. The van der Waals surface area contributed by atoms with Gasteiger partial charge in [-0.15, -0.1) is 0 Å². The van der Waals surface area contributed by atoms with Gasteiger partial charge in [-0.25, -0.2) is 4.79 Å². The van der Waals surface area contributed by atoms with Gasteiger partial charge in [-0.3, -0.25) is 4.98 Å². The summed E-state index contributed by atoms with van der Waals surface area (Å²) in [5.41, 5.74) is 0.787. The summed E-state index contributed by atoms with van der Waals surface area (Å²) in [6.45, 7) is 6.47. The van der Waals surface area contributed by atoms with Crippen LogP contribution in [-0.4, -0.2) is 28.8 Å². The molecule has 1 aliphatic carbocycles. The SMILES string of the molecule is CC(C)(C)OC(=O)NC1CCC(NCc2ccncc2)C1. The van der Waals surface area contributed by atoms with Crippen LogP contribution in [0.25, 0.3) is 0 Å². The molecule has 116 valence electrons. The summed E-state index contributed by atoms with van der Waals surface area (Å²) < 4.78 is 5.29. The van der Waals surface area contributed by atoms with Gasteiger partial charge >= 0.3 is 6.09 Å². The van der Waals surface area contributed by atoms with E-state index in [0.29, 0.717) is 6.04 Å². The highest BCUT2D eigenvalue weighted by Gasteiger charge is 2.27. The Labute approximate surface area is 126 Å². The van der Waals surface area contributed by atoms with Gasteiger partial charge in [0.1, 0.15) is 5.60 Å². The molecule has 0 aliphatic heterocycles. The van der Waals surface area contributed by atoms with Crippen molar-refractivity contribution in [2.45, 2.75) is 64.3 Å². The summed E-state index contributed by atoms with van der Waals surface area (Å²) in [5, 5.41) is 6.48. The number of amides is 1. The smallest absolute Gasteiger partial charge is 0.407 e. The Hall–Kier alpha value is -1.62. The molecule has 2 N–H and O–H groups in total. The van der Waals surface area contributed by atoms with Crippen molar-refractivity contribution in [1.29, 1.82) is 0 Å². The third-order valence-corrected chi connectivity index (χ3v) is 3.50. The first-order valence-corrected chi connectivity index (χ1v) is 7.54. The van der Waals surface area contributed by atoms with Crippen LogP contribution in [0.3, 0.4) is 0 Å². The van der Waals surface area contributed by atoms with E-state index in [9.17, 15) is 4.79 Å². The van der Waals surface area contributed by atoms with Crippen LogP contribution in [0.2, 0.25) is 0 Å². The highest BCUT2D eigenvalue weighted by molar-refractivity contribution is 5.68. The Morgan fingerprint density at radius 3 is 2.62 bits per heavy atom. The number of carbonyl (C=O) groups is 1. The number of ether oxygens (including phenoxy) is 1. The van der Waals surface area contributed by atoms with Gasteiger partial charge in [0.15, 0.2) is 0 Å². The molecule has 5 nitrogen and oxygen atoms in total. The molecule has 1 amide bonds. The molecule has 1 fully saturated rings. The Morgan fingerprint density at radius 2 is 1.95 bits per heavy atom. The number of pyridine rings is 1. The van der Waals surface area contributed by atoms with Crippen LogP contribution >= 0.6 is 0 Å². The lowest BCUT2D eigenvalue weighted by atomic mass is 10.2. The number of carbonyl (C=O) groups excluding carboxylic acids is 1. The van der Waals surface area contributed by atoms with E-state index >= 15 is 0 Å². The van der Waals surface area contributed by atoms with E-state index in [2.05, 4.69) is 15.6 Å². The highest BCUT2D eigenvalue weighted by atomic mass is 16.6. The normalized spacial score (nSPS) is 22.0. The standard InChI is InChI=1S/C16H25N3O2/c1-16(2,3)21-15(20)19-14-5-4-13(10-14)18-11-12-6-8-17-9-7-12/h6-9,13-14,18H,4-5,10-11H2,1-3H3,(H,19,20). The van der Waals surface area contributed by atoms with E-state index in [1.54, 1.807) is 12.4 Å². The lowest BCUT2D eigenvalue weighted by Crippen LogP contribution is -2.38. The predicted octanol–water partition coefficient (Wildman–Crippen LogP) is 2.62. The molecule has 2 unspecified atom stereocenters. The Morgan fingerprint density at radius 1 is 1.29 bits per heavy atom. The number of alkyl carbamates (subject to hydrolysis) is 1. The molecule has 1 aliphatic rings. The fourth-order valence-corrected chi connectivity index (χ4v) is 2.54. The summed E-state index contributed by atoms with van der Waals surface area (Å²) in [7, 11) is 0. The molecular formula is C16H25N3O2. The second kappa shape index (κ2) is 6.89. The van der Waals surface area contributed by atoms with Crippen LogP contribution in [0.1, 0.15) is 45.6 Å². The molecule has 0 aromatic carbocycles. The highest BCUT2D eigenvalue weighted by Crippen LogP contribution is 2.20. The van der Waals surface area contributed by atoms with Crippen LogP contribution in [-0.2, 0) is 11.3 Å². The molecule has 5 heteroatoms. The average Bonchev–Trinajstić information content (AvgIpc) is 2.83. The molecule has 1 aromatic heterocycles. The first-order chi connectivity index (χ1) is 9.92. The van der Waals surface area contributed by atoms with Gasteiger partial charge in [0.25, 0.3) is 0 Å². The van der Waals surface area contributed by atoms with Gasteiger partial charge in [0.2, 0.25) is 0 Å². The van der Waals surface area contributed by atoms with Gasteiger partial charge in [0, 0.05) is 31.0 Å². The van der Waals surface area contributed by atoms with E-state index in [4.69, 9.17) is 4.74 Å². The van der Waals surface area contributed by atoms with Crippen molar-refractivity contribution in [3.8, 4) is 0 Å². The largest absolute Gasteiger partial charge is 0.444 e. The number of hydrogen-bond acceptors (Lipinski definition) is 4. The monoisotopic (exact) mass is 291 g/mol. The maximum atomic E-state index is 11.7. The van der Waals surface area contributed by atoms with Crippen molar-refractivity contribution in [3.63, 3.8) is 0 Å². The summed E-state index contributed by atoms with van der Waals surface area (Å²) >= 11 is 0. The van der Waals surface area contributed by atoms with Crippen LogP contribution in [0.4, 0.5) is 4.79 Å². The Bertz CT molecular complexity index is 456. The van der Waals surface area contributed by atoms with Crippen molar-refractivity contribution in [2.75, 3.05) is 0 Å². The molecule has 1 aromatic rings. The number of nitrogens with zero attached hydrogens (tertiary/aromatic N) is 1. The lowest BCUT2D eigenvalue weighted by molar-refractivity contribution is 0.0505. The maximum Gasteiger partial charge on any atom is 0.407 e. The molecule has 0 radical (unpaired) electrons. The van der Waals surface area contributed by atoms with Crippen molar-refractivity contribution in [3.05, 3.63) is 30.1 Å². The lowest BCUT2D eigenvalue weighted by Gasteiger charge is -2.21.